The second-order valence-electron chi connectivity index (χ2n) is 5.17. The Morgan fingerprint density at radius 2 is 2.00 bits per heavy atom. The molecule has 0 aliphatic rings. The molecule has 1 atom stereocenters. The number of hydrogen-bond donors (Lipinski definition) is 1. The van der Waals surface area contributed by atoms with Gasteiger partial charge in [0.2, 0.25) is 0 Å². The van der Waals surface area contributed by atoms with Gasteiger partial charge in [0.1, 0.15) is 0 Å². The molecule has 0 saturated carbocycles. The monoisotopic (exact) mass is 256 g/mol. The molecular weight excluding hydrogens is 232 g/mol. The minimum absolute atomic E-state index is 0.283. The number of rotatable bonds is 7. The topological polar surface area (TPSA) is 38.0 Å². The SMILES string of the molecule is CC(C)CSCC(O)Cc1ccn(C(C)C)n1. The third-order valence-corrected chi connectivity index (χ3v) is 3.92. The van der Waals surface area contributed by atoms with Crippen LogP contribution in [-0.4, -0.2) is 32.5 Å². The van der Waals surface area contributed by atoms with E-state index in [2.05, 4.69) is 32.8 Å². The zero-order chi connectivity index (χ0) is 12.8. The van der Waals surface area contributed by atoms with E-state index in [1.54, 1.807) is 0 Å². The predicted octanol–water partition coefficient (Wildman–Crippen LogP) is 2.76. The molecule has 1 aromatic heterocycles. The molecule has 0 fully saturated rings. The molecule has 0 aromatic carbocycles. The maximum absolute atomic E-state index is 9.89. The van der Waals surface area contributed by atoms with E-state index in [-0.39, 0.29) is 6.10 Å². The molecule has 0 saturated heterocycles. The number of aromatic nitrogens is 2. The van der Waals surface area contributed by atoms with E-state index in [0.717, 1.165) is 17.2 Å². The van der Waals surface area contributed by atoms with Crippen LogP contribution >= 0.6 is 11.8 Å². The highest BCUT2D eigenvalue weighted by Crippen LogP contribution is 2.12. The van der Waals surface area contributed by atoms with Crippen LogP contribution in [0.2, 0.25) is 0 Å². The van der Waals surface area contributed by atoms with Crippen molar-refractivity contribution in [1.82, 2.24) is 9.78 Å². The van der Waals surface area contributed by atoms with Crippen LogP contribution in [0.1, 0.15) is 39.4 Å². The standard InChI is InChI=1S/C13H24N2OS/c1-10(2)8-17-9-13(16)7-12-5-6-15(14-12)11(3)4/h5-6,10-11,13,16H,7-9H2,1-4H3. The summed E-state index contributed by atoms with van der Waals surface area (Å²) < 4.78 is 1.93. The summed E-state index contributed by atoms with van der Waals surface area (Å²) in [7, 11) is 0. The molecule has 1 heterocycles. The Labute approximate surface area is 109 Å². The lowest BCUT2D eigenvalue weighted by atomic mass is 10.2. The summed E-state index contributed by atoms with van der Waals surface area (Å²) in [4.78, 5) is 0. The number of aliphatic hydroxyl groups excluding tert-OH is 1. The molecular formula is C13H24N2OS. The van der Waals surface area contributed by atoms with E-state index in [9.17, 15) is 5.11 Å². The second kappa shape index (κ2) is 7.07. The van der Waals surface area contributed by atoms with Gasteiger partial charge >= 0.3 is 0 Å². The van der Waals surface area contributed by atoms with Crippen LogP contribution in [-0.2, 0) is 6.42 Å². The van der Waals surface area contributed by atoms with E-state index in [0.29, 0.717) is 18.4 Å². The Bertz CT molecular complexity index is 323. The highest BCUT2D eigenvalue weighted by molar-refractivity contribution is 7.99. The molecule has 0 radical (unpaired) electrons. The summed E-state index contributed by atoms with van der Waals surface area (Å²) in [6, 6.07) is 2.38. The van der Waals surface area contributed by atoms with Gasteiger partial charge in [0.15, 0.2) is 0 Å². The van der Waals surface area contributed by atoms with E-state index < -0.39 is 0 Å². The molecule has 1 aromatic rings. The quantitative estimate of drug-likeness (QED) is 0.815. The minimum Gasteiger partial charge on any atom is -0.392 e. The summed E-state index contributed by atoms with van der Waals surface area (Å²) >= 11 is 1.82. The number of thioether (sulfide) groups is 1. The summed E-state index contributed by atoms with van der Waals surface area (Å²) in [6.45, 7) is 8.60. The first-order valence-corrected chi connectivity index (χ1v) is 7.44. The molecule has 98 valence electrons. The normalized spacial score (nSPS) is 13.6. The fourth-order valence-electron chi connectivity index (χ4n) is 1.51. The van der Waals surface area contributed by atoms with Crippen LogP contribution in [0.4, 0.5) is 0 Å². The van der Waals surface area contributed by atoms with Crippen molar-refractivity contribution >= 4 is 11.8 Å². The zero-order valence-corrected chi connectivity index (χ0v) is 12.1. The molecule has 0 spiro atoms. The fraction of sp³-hybridized carbons (Fsp3) is 0.769. The third kappa shape index (κ3) is 5.59. The van der Waals surface area contributed by atoms with E-state index in [1.165, 1.54) is 0 Å². The Kier molecular flexibility index (Phi) is 6.06. The van der Waals surface area contributed by atoms with Crippen molar-refractivity contribution in [3.05, 3.63) is 18.0 Å². The summed E-state index contributed by atoms with van der Waals surface area (Å²) in [6.07, 6.45) is 2.35. The lowest BCUT2D eigenvalue weighted by Gasteiger charge is -2.10. The van der Waals surface area contributed by atoms with Crippen LogP contribution in [0.25, 0.3) is 0 Å². The molecule has 0 aliphatic carbocycles. The van der Waals surface area contributed by atoms with Crippen LogP contribution in [0.5, 0.6) is 0 Å². The smallest absolute Gasteiger partial charge is 0.0686 e. The highest BCUT2D eigenvalue weighted by Gasteiger charge is 2.09. The van der Waals surface area contributed by atoms with Gasteiger partial charge in [0.25, 0.3) is 0 Å². The molecule has 1 unspecified atom stereocenters. The van der Waals surface area contributed by atoms with Gasteiger partial charge < -0.3 is 5.11 Å². The molecule has 0 amide bonds. The first-order valence-electron chi connectivity index (χ1n) is 6.29. The van der Waals surface area contributed by atoms with Gasteiger partial charge in [0, 0.05) is 24.4 Å². The molecule has 0 bridgehead atoms. The average molecular weight is 256 g/mol. The van der Waals surface area contributed by atoms with Crippen LogP contribution in [0.15, 0.2) is 12.3 Å². The van der Waals surface area contributed by atoms with Gasteiger partial charge in [-0.25, -0.2) is 0 Å². The molecule has 4 heteroatoms. The van der Waals surface area contributed by atoms with E-state index in [4.69, 9.17) is 0 Å². The first-order chi connectivity index (χ1) is 7.99. The lowest BCUT2D eigenvalue weighted by Crippen LogP contribution is -2.15. The molecule has 3 nitrogen and oxygen atoms in total. The Hall–Kier alpha value is -0.480. The van der Waals surface area contributed by atoms with Crippen molar-refractivity contribution in [2.45, 2.75) is 46.3 Å². The summed E-state index contributed by atoms with van der Waals surface area (Å²) in [5, 5.41) is 14.3. The maximum Gasteiger partial charge on any atom is 0.0686 e. The summed E-state index contributed by atoms with van der Waals surface area (Å²) in [5.41, 5.74) is 0.983. The van der Waals surface area contributed by atoms with Crippen molar-refractivity contribution in [1.29, 1.82) is 0 Å². The fourth-order valence-corrected chi connectivity index (χ4v) is 2.51. The maximum atomic E-state index is 9.89. The molecule has 17 heavy (non-hydrogen) atoms. The largest absolute Gasteiger partial charge is 0.392 e. The predicted molar refractivity (Wildman–Crippen MR) is 74.5 cm³/mol. The number of aliphatic hydroxyl groups is 1. The minimum atomic E-state index is -0.283. The number of hydrogen-bond acceptors (Lipinski definition) is 3. The summed E-state index contributed by atoms with van der Waals surface area (Å²) in [5.74, 6) is 2.59. The molecule has 1 N–H and O–H groups in total. The van der Waals surface area contributed by atoms with Gasteiger partial charge in [-0.3, -0.25) is 4.68 Å². The zero-order valence-electron chi connectivity index (χ0n) is 11.3. The van der Waals surface area contributed by atoms with E-state index in [1.807, 2.05) is 28.7 Å². The van der Waals surface area contributed by atoms with Crippen molar-refractivity contribution in [3.63, 3.8) is 0 Å². The Balaban J connectivity index is 2.32. The Morgan fingerprint density at radius 3 is 2.53 bits per heavy atom. The molecule has 1 rings (SSSR count). The van der Waals surface area contributed by atoms with Gasteiger partial charge in [-0.15, -0.1) is 0 Å². The third-order valence-electron chi connectivity index (χ3n) is 2.40. The van der Waals surface area contributed by atoms with Crippen LogP contribution < -0.4 is 0 Å². The van der Waals surface area contributed by atoms with E-state index >= 15 is 0 Å². The van der Waals surface area contributed by atoms with Crippen LogP contribution in [0, 0.1) is 5.92 Å². The Morgan fingerprint density at radius 1 is 1.29 bits per heavy atom. The van der Waals surface area contributed by atoms with Crippen molar-refractivity contribution in [3.8, 4) is 0 Å². The van der Waals surface area contributed by atoms with Crippen molar-refractivity contribution < 1.29 is 5.11 Å². The van der Waals surface area contributed by atoms with Gasteiger partial charge in [-0.05, 0) is 31.6 Å². The van der Waals surface area contributed by atoms with Gasteiger partial charge in [0.05, 0.1) is 11.8 Å². The van der Waals surface area contributed by atoms with Crippen molar-refractivity contribution in [2.24, 2.45) is 5.92 Å². The average Bonchev–Trinajstić information content (AvgIpc) is 2.65. The van der Waals surface area contributed by atoms with Gasteiger partial charge in [-0.2, -0.15) is 16.9 Å². The lowest BCUT2D eigenvalue weighted by molar-refractivity contribution is 0.198. The number of nitrogens with zero attached hydrogens (tertiary/aromatic N) is 2. The molecule has 0 aliphatic heterocycles. The first kappa shape index (κ1) is 14.6. The van der Waals surface area contributed by atoms with Gasteiger partial charge in [-0.1, -0.05) is 13.8 Å². The second-order valence-corrected chi connectivity index (χ2v) is 6.25. The highest BCUT2D eigenvalue weighted by atomic mass is 32.2. The van der Waals surface area contributed by atoms with Crippen LogP contribution in [0.3, 0.4) is 0 Å². The van der Waals surface area contributed by atoms with Crippen molar-refractivity contribution in [2.75, 3.05) is 11.5 Å².